The highest BCUT2D eigenvalue weighted by molar-refractivity contribution is 6.15. The monoisotopic (exact) mass is 363 g/mol. The number of amides is 2. The van der Waals surface area contributed by atoms with Crippen LogP contribution in [-0.2, 0) is 14.3 Å². The molecule has 0 unspecified atom stereocenters. The molecule has 0 saturated carbocycles. The minimum absolute atomic E-state index is 0.0829. The van der Waals surface area contributed by atoms with Crippen LogP contribution in [0, 0.1) is 5.92 Å². The van der Waals surface area contributed by atoms with Crippen LogP contribution in [0.3, 0.4) is 0 Å². The summed E-state index contributed by atoms with van der Waals surface area (Å²) in [6, 6.07) is 17.5. The fourth-order valence-electron chi connectivity index (χ4n) is 3.39. The smallest absolute Gasteiger partial charge is 0.296 e. The molecule has 138 valence electrons. The van der Waals surface area contributed by atoms with Gasteiger partial charge in [-0.25, -0.2) is 0 Å². The first-order chi connectivity index (χ1) is 13.2. The minimum Gasteiger partial charge on any atom is -0.451 e. The fraction of sp³-hybridized carbons (Fsp3) is 0.273. The summed E-state index contributed by atoms with van der Waals surface area (Å²) in [5.41, 5.74) is 2.17. The Morgan fingerprint density at radius 3 is 2.30 bits per heavy atom. The Morgan fingerprint density at radius 1 is 0.926 bits per heavy atom. The molecule has 27 heavy (non-hydrogen) atoms. The van der Waals surface area contributed by atoms with Gasteiger partial charge in [-0.3, -0.25) is 14.5 Å². The van der Waals surface area contributed by atoms with Gasteiger partial charge in [-0.15, -0.1) is 0 Å². The molecule has 1 saturated heterocycles. The largest absolute Gasteiger partial charge is 0.451 e. The fourth-order valence-corrected chi connectivity index (χ4v) is 3.39. The second kappa shape index (κ2) is 7.76. The maximum atomic E-state index is 12.6. The zero-order chi connectivity index (χ0) is 18.6. The van der Waals surface area contributed by atoms with E-state index in [4.69, 9.17) is 9.47 Å². The van der Waals surface area contributed by atoms with E-state index < -0.39 is 0 Å². The SMILES string of the molecule is O=C1C=C(Oc2ccc(-c3ccccc3)cc2)C(=O)N1CC1CCOCC1. The second-order valence-electron chi connectivity index (χ2n) is 6.81. The molecule has 0 spiro atoms. The van der Waals surface area contributed by atoms with Gasteiger partial charge in [0.2, 0.25) is 0 Å². The van der Waals surface area contributed by atoms with Crippen molar-refractivity contribution in [2.75, 3.05) is 19.8 Å². The molecular weight excluding hydrogens is 342 g/mol. The van der Waals surface area contributed by atoms with E-state index in [0.717, 1.165) is 24.0 Å². The molecule has 5 nitrogen and oxygen atoms in total. The quantitative estimate of drug-likeness (QED) is 0.764. The summed E-state index contributed by atoms with van der Waals surface area (Å²) in [6.45, 7) is 1.80. The van der Waals surface area contributed by atoms with Crippen LogP contribution in [0.5, 0.6) is 5.75 Å². The normalized spacial score (nSPS) is 17.9. The van der Waals surface area contributed by atoms with Crippen molar-refractivity contribution in [1.82, 2.24) is 4.90 Å². The van der Waals surface area contributed by atoms with Gasteiger partial charge in [-0.05, 0) is 42.0 Å². The van der Waals surface area contributed by atoms with E-state index in [1.165, 1.54) is 11.0 Å². The first-order valence-corrected chi connectivity index (χ1v) is 9.19. The number of benzene rings is 2. The summed E-state index contributed by atoms with van der Waals surface area (Å²) in [4.78, 5) is 26.1. The van der Waals surface area contributed by atoms with Crippen molar-refractivity contribution in [2.45, 2.75) is 12.8 Å². The second-order valence-corrected chi connectivity index (χ2v) is 6.81. The lowest BCUT2D eigenvalue weighted by Gasteiger charge is -2.25. The molecule has 0 aromatic heterocycles. The number of carbonyl (C=O) groups excluding carboxylic acids is 2. The highest BCUT2D eigenvalue weighted by Crippen LogP contribution is 2.26. The molecule has 2 amide bonds. The maximum Gasteiger partial charge on any atom is 0.296 e. The van der Waals surface area contributed by atoms with E-state index in [1.807, 2.05) is 54.6 Å². The lowest BCUT2D eigenvalue weighted by Crippen LogP contribution is -2.37. The Morgan fingerprint density at radius 2 is 1.59 bits per heavy atom. The van der Waals surface area contributed by atoms with Crippen LogP contribution in [0.4, 0.5) is 0 Å². The van der Waals surface area contributed by atoms with E-state index in [9.17, 15) is 9.59 Å². The van der Waals surface area contributed by atoms with Gasteiger partial charge in [-0.2, -0.15) is 0 Å². The zero-order valence-corrected chi connectivity index (χ0v) is 15.0. The van der Waals surface area contributed by atoms with Gasteiger partial charge in [-0.1, -0.05) is 42.5 Å². The van der Waals surface area contributed by atoms with Gasteiger partial charge in [0.25, 0.3) is 11.8 Å². The van der Waals surface area contributed by atoms with E-state index in [1.54, 1.807) is 0 Å². The average molecular weight is 363 g/mol. The van der Waals surface area contributed by atoms with Crippen LogP contribution in [0.2, 0.25) is 0 Å². The van der Waals surface area contributed by atoms with Crippen LogP contribution in [0.25, 0.3) is 11.1 Å². The number of nitrogens with zero attached hydrogens (tertiary/aromatic N) is 1. The molecule has 2 aromatic rings. The van der Waals surface area contributed by atoms with Crippen LogP contribution in [0.1, 0.15) is 12.8 Å². The van der Waals surface area contributed by atoms with E-state index in [0.29, 0.717) is 31.4 Å². The molecule has 0 atom stereocenters. The number of ether oxygens (including phenoxy) is 2. The van der Waals surface area contributed by atoms with Gasteiger partial charge in [0.1, 0.15) is 5.75 Å². The number of carbonyl (C=O) groups is 2. The molecule has 0 bridgehead atoms. The molecule has 0 radical (unpaired) electrons. The van der Waals surface area contributed by atoms with Crippen molar-refractivity contribution >= 4 is 11.8 Å². The van der Waals surface area contributed by atoms with Crippen molar-refractivity contribution in [1.29, 1.82) is 0 Å². The number of hydrogen-bond acceptors (Lipinski definition) is 4. The Balaban J connectivity index is 1.41. The lowest BCUT2D eigenvalue weighted by molar-refractivity contribution is -0.139. The topological polar surface area (TPSA) is 55.8 Å². The van der Waals surface area contributed by atoms with Crippen molar-refractivity contribution in [2.24, 2.45) is 5.92 Å². The molecule has 0 N–H and O–H groups in total. The van der Waals surface area contributed by atoms with Crippen LogP contribution in [-0.4, -0.2) is 36.5 Å². The number of hydrogen-bond donors (Lipinski definition) is 0. The lowest BCUT2D eigenvalue weighted by atomic mass is 10.00. The summed E-state index contributed by atoms with van der Waals surface area (Å²) in [7, 11) is 0. The van der Waals surface area contributed by atoms with Gasteiger partial charge in [0.05, 0.1) is 6.08 Å². The van der Waals surface area contributed by atoms with E-state index in [-0.39, 0.29) is 17.6 Å². The molecule has 2 heterocycles. The highest BCUT2D eigenvalue weighted by atomic mass is 16.5. The zero-order valence-electron chi connectivity index (χ0n) is 15.0. The number of rotatable bonds is 5. The Kier molecular flexibility index (Phi) is 5.03. The van der Waals surface area contributed by atoms with Crippen molar-refractivity contribution in [3.05, 3.63) is 66.4 Å². The summed E-state index contributed by atoms with van der Waals surface area (Å²) in [5, 5.41) is 0. The van der Waals surface area contributed by atoms with Gasteiger partial charge in [0.15, 0.2) is 5.76 Å². The van der Waals surface area contributed by atoms with Crippen molar-refractivity contribution in [3.8, 4) is 16.9 Å². The molecular formula is C22H21NO4. The minimum atomic E-state index is -0.362. The average Bonchev–Trinajstić information content (AvgIpc) is 2.97. The van der Waals surface area contributed by atoms with Crippen molar-refractivity contribution < 1.29 is 19.1 Å². The predicted octanol–water partition coefficient (Wildman–Crippen LogP) is 3.41. The van der Waals surface area contributed by atoms with Crippen LogP contribution >= 0.6 is 0 Å². The molecule has 5 heteroatoms. The Labute approximate surface area is 158 Å². The van der Waals surface area contributed by atoms with Crippen LogP contribution in [0.15, 0.2) is 66.4 Å². The predicted molar refractivity (Wildman–Crippen MR) is 101 cm³/mol. The first kappa shape index (κ1) is 17.5. The van der Waals surface area contributed by atoms with Crippen molar-refractivity contribution in [3.63, 3.8) is 0 Å². The Hall–Kier alpha value is -2.92. The first-order valence-electron chi connectivity index (χ1n) is 9.19. The van der Waals surface area contributed by atoms with E-state index in [2.05, 4.69) is 0 Å². The van der Waals surface area contributed by atoms with Gasteiger partial charge < -0.3 is 9.47 Å². The molecule has 4 rings (SSSR count). The summed E-state index contributed by atoms with van der Waals surface area (Å²) >= 11 is 0. The third-order valence-electron chi connectivity index (χ3n) is 4.95. The molecule has 2 aromatic carbocycles. The maximum absolute atomic E-state index is 12.6. The highest BCUT2D eigenvalue weighted by Gasteiger charge is 2.34. The summed E-state index contributed by atoms with van der Waals surface area (Å²) in [5.74, 6) is 0.250. The molecule has 0 aliphatic carbocycles. The Bertz CT molecular complexity index is 852. The third-order valence-corrected chi connectivity index (χ3v) is 4.95. The van der Waals surface area contributed by atoms with E-state index >= 15 is 0 Å². The van der Waals surface area contributed by atoms with Gasteiger partial charge >= 0.3 is 0 Å². The van der Waals surface area contributed by atoms with Crippen LogP contribution < -0.4 is 4.74 Å². The summed E-state index contributed by atoms with van der Waals surface area (Å²) < 4.78 is 11.0. The summed E-state index contributed by atoms with van der Waals surface area (Å²) in [6.07, 6.45) is 3.02. The molecule has 2 aliphatic rings. The third kappa shape index (κ3) is 3.93. The molecule has 2 aliphatic heterocycles. The van der Waals surface area contributed by atoms with Gasteiger partial charge in [0, 0.05) is 19.8 Å². The standard InChI is InChI=1S/C22H21NO4/c24-21-14-20(22(25)23(21)15-16-10-12-26-13-11-16)27-19-8-6-18(7-9-19)17-4-2-1-3-5-17/h1-9,14,16H,10-13,15H2. The number of imide groups is 1. The molecule has 1 fully saturated rings.